The van der Waals surface area contributed by atoms with Crippen molar-refractivity contribution in [2.75, 3.05) is 13.1 Å². The van der Waals surface area contributed by atoms with Crippen LogP contribution in [0, 0.1) is 0 Å². The Kier molecular flexibility index (Phi) is 4.80. The molecule has 1 N–H and O–H groups in total. The Bertz CT molecular complexity index is 719. The summed E-state index contributed by atoms with van der Waals surface area (Å²) in [6.45, 7) is 1.42. The van der Waals surface area contributed by atoms with Gasteiger partial charge in [-0.3, -0.25) is 14.6 Å². The molecular formula is C17H20N4O2. The number of hydrogen-bond acceptors (Lipinski definition) is 4. The second-order valence-corrected chi connectivity index (χ2v) is 5.78. The highest BCUT2D eigenvalue weighted by molar-refractivity contribution is 5.93. The summed E-state index contributed by atoms with van der Waals surface area (Å²) in [5.74, 6) is 0.200. The largest absolute Gasteiger partial charge is 0.338 e. The molecule has 0 aromatic carbocycles. The van der Waals surface area contributed by atoms with E-state index in [1.165, 1.54) is 12.6 Å². The van der Waals surface area contributed by atoms with Gasteiger partial charge in [0.1, 0.15) is 11.4 Å². The summed E-state index contributed by atoms with van der Waals surface area (Å²) in [6.07, 6.45) is 10.1. The molecule has 3 rings (SSSR count). The Morgan fingerprint density at radius 2 is 1.83 bits per heavy atom. The average molecular weight is 312 g/mol. The van der Waals surface area contributed by atoms with E-state index in [9.17, 15) is 9.59 Å². The zero-order valence-electron chi connectivity index (χ0n) is 13.0. The fraction of sp³-hybridized carbons (Fsp3) is 0.412. The van der Waals surface area contributed by atoms with Crippen molar-refractivity contribution in [2.24, 2.45) is 0 Å². The molecule has 0 spiro atoms. The monoisotopic (exact) mass is 312 g/mol. The van der Waals surface area contributed by atoms with Crippen LogP contribution in [0.5, 0.6) is 0 Å². The van der Waals surface area contributed by atoms with Crippen LogP contribution < -0.4 is 5.56 Å². The highest BCUT2D eigenvalue weighted by Gasteiger charge is 2.20. The first-order valence-electron chi connectivity index (χ1n) is 8.05. The van der Waals surface area contributed by atoms with Crippen LogP contribution in [-0.2, 0) is 0 Å². The molecule has 6 nitrogen and oxygen atoms in total. The third kappa shape index (κ3) is 3.64. The number of carbonyl (C=O) groups is 1. The van der Waals surface area contributed by atoms with Crippen molar-refractivity contribution in [3.8, 4) is 11.4 Å². The van der Waals surface area contributed by atoms with Crippen molar-refractivity contribution < 1.29 is 4.79 Å². The lowest BCUT2D eigenvalue weighted by Crippen LogP contribution is -2.37. The predicted molar refractivity (Wildman–Crippen MR) is 87.1 cm³/mol. The van der Waals surface area contributed by atoms with Crippen molar-refractivity contribution in [3.63, 3.8) is 0 Å². The molecule has 0 saturated carbocycles. The molecule has 23 heavy (non-hydrogen) atoms. The van der Waals surface area contributed by atoms with Crippen LogP contribution in [0.4, 0.5) is 0 Å². The lowest BCUT2D eigenvalue weighted by molar-refractivity contribution is 0.0740. The molecule has 0 unspecified atom stereocenters. The number of carbonyl (C=O) groups excluding carboxylic acids is 1. The summed E-state index contributed by atoms with van der Waals surface area (Å²) >= 11 is 0. The van der Waals surface area contributed by atoms with Crippen LogP contribution in [-0.4, -0.2) is 38.8 Å². The molecular weight excluding hydrogens is 292 g/mol. The molecule has 1 fully saturated rings. The molecule has 2 aromatic heterocycles. The van der Waals surface area contributed by atoms with E-state index in [0.29, 0.717) is 18.9 Å². The molecule has 120 valence electrons. The van der Waals surface area contributed by atoms with Crippen LogP contribution in [0.3, 0.4) is 0 Å². The summed E-state index contributed by atoms with van der Waals surface area (Å²) in [7, 11) is 0. The van der Waals surface area contributed by atoms with Gasteiger partial charge in [-0.1, -0.05) is 19.3 Å². The van der Waals surface area contributed by atoms with E-state index >= 15 is 0 Å². The summed E-state index contributed by atoms with van der Waals surface area (Å²) in [5, 5.41) is 0. The molecule has 2 aromatic rings. The second kappa shape index (κ2) is 7.17. The highest BCUT2D eigenvalue weighted by Crippen LogP contribution is 2.13. The number of nitrogens with zero attached hydrogens (tertiary/aromatic N) is 3. The lowest BCUT2D eigenvalue weighted by Gasteiger charge is -2.24. The number of H-pyrrole nitrogens is 1. The van der Waals surface area contributed by atoms with E-state index in [4.69, 9.17) is 0 Å². The average Bonchev–Trinajstić information content (AvgIpc) is 2.55. The Labute approximate surface area is 134 Å². The molecule has 0 aliphatic carbocycles. The minimum atomic E-state index is -0.397. The van der Waals surface area contributed by atoms with E-state index in [2.05, 4.69) is 15.0 Å². The maximum atomic E-state index is 12.6. The number of hydrogen-bond donors (Lipinski definition) is 1. The van der Waals surface area contributed by atoms with Crippen LogP contribution in [0.15, 0.2) is 35.5 Å². The molecule has 1 amide bonds. The van der Waals surface area contributed by atoms with E-state index < -0.39 is 5.56 Å². The van der Waals surface area contributed by atoms with E-state index in [0.717, 1.165) is 31.2 Å². The summed E-state index contributed by atoms with van der Waals surface area (Å²) in [5.41, 5.74) is 0.430. The van der Waals surface area contributed by atoms with Gasteiger partial charge in [-0.05, 0) is 25.0 Å². The van der Waals surface area contributed by atoms with Gasteiger partial charge in [-0.25, -0.2) is 4.98 Å². The van der Waals surface area contributed by atoms with Crippen molar-refractivity contribution in [1.29, 1.82) is 0 Å². The third-order valence-corrected chi connectivity index (χ3v) is 4.11. The van der Waals surface area contributed by atoms with Gasteiger partial charge in [0.2, 0.25) is 0 Å². The normalized spacial score (nSPS) is 15.7. The minimum Gasteiger partial charge on any atom is -0.338 e. The predicted octanol–water partition coefficient (Wildman–Crippen LogP) is 2.24. The molecule has 0 bridgehead atoms. The topological polar surface area (TPSA) is 79.0 Å². The first kappa shape index (κ1) is 15.4. The number of nitrogens with one attached hydrogen (secondary N) is 1. The van der Waals surface area contributed by atoms with Gasteiger partial charge >= 0.3 is 0 Å². The van der Waals surface area contributed by atoms with Crippen LogP contribution >= 0.6 is 0 Å². The van der Waals surface area contributed by atoms with E-state index in [1.807, 2.05) is 6.07 Å². The maximum absolute atomic E-state index is 12.6. The Morgan fingerprint density at radius 3 is 2.48 bits per heavy atom. The van der Waals surface area contributed by atoms with Crippen molar-refractivity contribution >= 4 is 5.91 Å². The molecule has 0 atom stereocenters. The Hall–Kier alpha value is -2.50. The smallest absolute Gasteiger partial charge is 0.264 e. The van der Waals surface area contributed by atoms with Gasteiger partial charge in [-0.15, -0.1) is 0 Å². The molecule has 6 heteroatoms. The number of aromatic amines is 1. The lowest BCUT2D eigenvalue weighted by atomic mass is 10.1. The SMILES string of the molecule is O=C(c1cnc(-c2cccnc2)[nH]c1=O)N1CCCCCCC1. The van der Waals surface area contributed by atoms with Gasteiger partial charge < -0.3 is 9.88 Å². The molecule has 0 radical (unpaired) electrons. The number of rotatable bonds is 2. The standard InChI is InChI=1S/C17H20N4O2/c22-16-14(17(23)21-9-4-2-1-3-5-10-21)12-19-15(20-16)13-7-6-8-18-11-13/h6-8,11-12H,1-5,9-10H2,(H,19,20,22). The van der Waals surface area contributed by atoms with Crippen molar-refractivity contribution in [2.45, 2.75) is 32.1 Å². The van der Waals surface area contributed by atoms with Crippen LogP contribution in [0.2, 0.25) is 0 Å². The Balaban J connectivity index is 1.82. The first-order chi connectivity index (χ1) is 11.3. The summed E-state index contributed by atoms with van der Waals surface area (Å²) in [4.78, 5) is 37.6. The van der Waals surface area contributed by atoms with Gasteiger partial charge in [0.05, 0.1) is 0 Å². The minimum absolute atomic E-state index is 0.109. The molecule has 1 aliphatic rings. The zero-order chi connectivity index (χ0) is 16.1. The van der Waals surface area contributed by atoms with Crippen LogP contribution in [0.25, 0.3) is 11.4 Å². The third-order valence-electron chi connectivity index (χ3n) is 4.11. The van der Waals surface area contributed by atoms with Gasteiger partial charge in [0, 0.05) is 37.2 Å². The quantitative estimate of drug-likeness (QED) is 0.922. The number of likely N-dealkylation sites (tertiary alicyclic amines) is 1. The van der Waals surface area contributed by atoms with Crippen molar-refractivity contribution in [1.82, 2.24) is 19.9 Å². The maximum Gasteiger partial charge on any atom is 0.264 e. The fourth-order valence-corrected chi connectivity index (χ4v) is 2.82. The molecule has 3 heterocycles. The van der Waals surface area contributed by atoms with Crippen molar-refractivity contribution in [3.05, 3.63) is 46.6 Å². The summed E-state index contributed by atoms with van der Waals surface area (Å²) < 4.78 is 0. The number of aromatic nitrogens is 3. The van der Waals surface area contributed by atoms with Gasteiger partial charge in [-0.2, -0.15) is 0 Å². The van der Waals surface area contributed by atoms with Gasteiger partial charge in [0.25, 0.3) is 11.5 Å². The second-order valence-electron chi connectivity index (χ2n) is 5.78. The fourth-order valence-electron chi connectivity index (χ4n) is 2.82. The number of pyridine rings is 1. The summed E-state index contributed by atoms with van der Waals surface area (Å²) in [6, 6.07) is 3.58. The van der Waals surface area contributed by atoms with E-state index in [-0.39, 0.29) is 11.5 Å². The zero-order valence-corrected chi connectivity index (χ0v) is 13.0. The molecule has 1 aliphatic heterocycles. The number of amides is 1. The van der Waals surface area contributed by atoms with E-state index in [1.54, 1.807) is 23.4 Å². The Morgan fingerprint density at radius 1 is 1.09 bits per heavy atom. The molecule has 1 saturated heterocycles. The first-order valence-corrected chi connectivity index (χ1v) is 8.05. The van der Waals surface area contributed by atoms with Crippen LogP contribution in [0.1, 0.15) is 42.5 Å². The highest BCUT2D eigenvalue weighted by atomic mass is 16.2. The van der Waals surface area contributed by atoms with Gasteiger partial charge in [0.15, 0.2) is 0 Å².